The number of isocyanates is 3. The number of hydrogen-bond donors (Lipinski definition) is 0. The van der Waals surface area contributed by atoms with E-state index in [-0.39, 0.29) is 12.0 Å². The fourth-order valence-electron chi connectivity index (χ4n) is 5.88. The van der Waals surface area contributed by atoms with E-state index in [1.807, 2.05) is 6.08 Å². The molecule has 1 unspecified atom stereocenters. The molecule has 0 aromatic carbocycles. The Labute approximate surface area is 168 Å². The van der Waals surface area contributed by atoms with Crippen LogP contribution in [-0.2, 0) is 14.4 Å². The lowest BCUT2D eigenvalue weighted by Crippen LogP contribution is -2.53. The Morgan fingerprint density at radius 1 is 0.786 bits per heavy atom. The van der Waals surface area contributed by atoms with Gasteiger partial charge in [-0.1, -0.05) is 51.4 Å². The van der Waals surface area contributed by atoms with Gasteiger partial charge in [0.05, 0.1) is 18.6 Å². The molecule has 2 rings (SSSR count). The van der Waals surface area contributed by atoms with Crippen molar-refractivity contribution in [1.29, 1.82) is 0 Å². The van der Waals surface area contributed by atoms with Gasteiger partial charge in [-0.05, 0) is 44.4 Å². The third kappa shape index (κ3) is 5.35. The number of carbonyl (C=O) groups excluding carboxylic acids is 3. The molecular weight excluding hydrogens is 354 g/mol. The highest BCUT2D eigenvalue weighted by molar-refractivity contribution is 5.38. The fraction of sp³-hybridized carbons (Fsp3) is 0.864. The van der Waals surface area contributed by atoms with Crippen molar-refractivity contribution in [3.63, 3.8) is 0 Å². The van der Waals surface area contributed by atoms with Crippen LogP contribution in [0.15, 0.2) is 15.0 Å². The van der Waals surface area contributed by atoms with Crippen LogP contribution in [0.2, 0.25) is 0 Å². The summed E-state index contributed by atoms with van der Waals surface area (Å²) in [6.07, 6.45) is 20.1. The summed E-state index contributed by atoms with van der Waals surface area (Å²) in [5.74, 6) is 0.474. The van der Waals surface area contributed by atoms with Crippen molar-refractivity contribution in [3.05, 3.63) is 0 Å². The van der Waals surface area contributed by atoms with Gasteiger partial charge in [0.1, 0.15) is 0 Å². The SMILES string of the molecule is O=C=NCCCC(CN=C=O)(N=C=O)C1(C2CCCCCC2)CCCCCC1. The Balaban J connectivity index is 2.51. The number of hydrogen-bond acceptors (Lipinski definition) is 6. The molecule has 28 heavy (non-hydrogen) atoms. The zero-order valence-corrected chi connectivity index (χ0v) is 17.0. The molecule has 154 valence electrons. The number of aliphatic imine (C=N–C) groups is 3. The van der Waals surface area contributed by atoms with Crippen molar-refractivity contribution < 1.29 is 14.4 Å². The molecule has 0 N–H and O–H groups in total. The summed E-state index contributed by atoms with van der Waals surface area (Å²) in [5.41, 5.74) is -0.916. The van der Waals surface area contributed by atoms with E-state index in [9.17, 15) is 14.4 Å². The molecule has 6 heteroatoms. The molecule has 0 saturated heterocycles. The Morgan fingerprint density at radius 2 is 1.39 bits per heavy atom. The van der Waals surface area contributed by atoms with Gasteiger partial charge in [-0.3, -0.25) is 0 Å². The lowest BCUT2D eigenvalue weighted by Gasteiger charge is -2.52. The molecule has 0 bridgehead atoms. The normalized spacial score (nSPS) is 22.3. The Bertz CT molecular complexity index is 615. The number of nitrogens with zero attached hydrogens (tertiary/aromatic N) is 3. The molecule has 6 nitrogen and oxygen atoms in total. The van der Waals surface area contributed by atoms with Crippen molar-refractivity contribution in [2.24, 2.45) is 26.3 Å². The smallest absolute Gasteiger partial charge is 0.211 e. The van der Waals surface area contributed by atoms with Crippen LogP contribution in [0.5, 0.6) is 0 Å². The second-order valence-electron chi connectivity index (χ2n) is 8.48. The van der Waals surface area contributed by atoms with Gasteiger partial charge in [0, 0.05) is 5.41 Å². The minimum absolute atomic E-state index is 0.156. The van der Waals surface area contributed by atoms with Crippen molar-refractivity contribution in [3.8, 4) is 0 Å². The largest absolute Gasteiger partial charge is 0.235 e. The maximum absolute atomic E-state index is 11.6. The zero-order valence-electron chi connectivity index (χ0n) is 17.0. The quantitative estimate of drug-likeness (QED) is 0.246. The van der Waals surface area contributed by atoms with E-state index in [0.29, 0.717) is 25.3 Å². The van der Waals surface area contributed by atoms with Crippen LogP contribution in [0.4, 0.5) is 0 Å². The summed E-state index contributed by atoms with van der Waals surface area (Å²) in [6.45, 7) is 0.526. The van der Waals surface area contributed by atoms with Crippen molar-refractivity contribution in [1.82, 2.24) is 0 Å². The van der Waals surface area contributed by atoms with Gasteiger partial charge in [-0.25, -0.2) is 24.4 Å². The maximum atomic E-state index is 11.6. The van der Waals surface area contributed by atoms with Crippen LogP contribution in [0, 0.1) is 11.3 Å². The minimum atomic E-state index is -0.760. The van der Waals surface area contributed by atoms with E-state index in [2.05, 4.69) is 15.0 Å². The maximum Gasteiger partial charge on any atom is 0.235 e. The lowest BCUT2D eigenvalue weighted by molar-refractivity contribution is 0.0149. The molecule has 0 aliphatic heterocycles. The first-order valence-corrected chi connectivity index (χ1v) is 10.9. The highest BCUT2D eigenvalue weighted by atomic mass is 16.1. The zero-order chi connectivity index (χ0) is 20.1. The summed E-state index contributed by atoms with van der Waals surface area (Å²) in [5, 5.41) is 0. The molecular formula is C22H33N3O3. The summed E-state index contributed by atoms with van der Waals surface area (Å²) in [4.78, 5) is 45.1. The summed E-state index contributed by atoms with van der Waals surface area (Å²) in [7, 11) is 0. The molecule has 2 saturated carbocycles. The average Bonchev–Trinajstić information content (AvgIpc) is 3.13. The van der Waals surface area contributed by atoms with Crippen LogP contribution in [-0.4, -0.2) is 36.9 Å². The predicted molar refractivity (Wildman–Crippen MR) is 107 cm³/mol. The fourth-order valence-corrected chi connectivity index (χ4v) is 5.88. The average molecular weight is 388 g/mol. The van der Waals surface area contributed by atoms with Crippen LogP contribution >= 0.6 is 0 Å². The monoisotopic (exact) mass is 387 g/mol. The van der Waals surface area contributed by atoms with Crippen molar-refractivity contribution >= 4 is 18.2 Å². The molecule has 0 aromatic rings. The highest BCUT2D eigenvalue weighted by Crippen LogP contribution is 2.56. The van der Waals surface area contributed by atoms with Gasteiger partial charge in [-0.15, -0.1) is 0 Å². The standard InChI is InChI=1S/C22H33N3O3/c26-17-23-15-9-14-22(25-19-28,16-24-18-27)21(12-7-3-4-8-13-21)20-10-5-1-2-6-11-20/h20H,1-16H2. The van der Waals surface area contributed by atoms with E-state index < -0.39 is 5.54 Å². The molecule has 0 heterocycles. The first-order valence-electron chi connectivity index (χ1n) is 10.9. The van der Waals surface area contributed by atoms with Crippen LogP contribution < -0.4 is 0 Å². The first kappa shape index (κ1) is 22.4. The van der Waals surface area contributed by atoms with Crippen molar-refractivity contribution in [2.45, 2.75) is 95.4 Å². The van der Waals surface area contributed by atoms with Gasteiger partial charge < -0.3 is 0 Å². The Kier molecular flexibility index (Phi) is 9.50. The number of rotatable bonds is 9. The molecule has 2 aliphatic carbocycles. The Hall–Kier alpha value is -1.86. The van der Waals surface area contributed by atoms with Gasteiger partial charge in [0.15, 0.2) is 0 Å². The third-order valence-corrected chi connectivity index (χ3v) is 7.15. The molecule has 0 spiro atoms. The van der Waals surface area contributed by atoms with E-state index >= 15 is 0 Å². The second-order valence-corrected chi connectivity index (χ2v) is 8.48. The molecule has 0 radical (unpaired) electrons. The van der Waals surface area contributed by atoms with E-state index in [1.165, 1.54) is 38.5 Å². The van der Waals surface area contributed by atoms with Gasteiger partial charge >= 0.3 is 0 Å². The van der Waals surface area contributed by atoms with Crippen LogP contribution in [0.3, 0.4) is 0 Å². The highest BCUT2D eigenvalue weighted by Gasteiger charge is 2.54. The van der Waals surface area contributed by atoms with E-state index in [1.54, 1.807) is 12.2 Å². The first-order chi connectivity index (χ1) is 13.7. The van der Waals surface area contributed by atoms with Crippen LogP contribution in [0.25, 0.3) is 0 Å². The third-order valence-electron chi connectivity index (χ3n) is 7.15. The van der Waals surface area contributed by atoms with E-state index in [4.69, 9.17) is 0 Å². The molecule has 2 fully saturated rings. The van der Waals surface area contributed by atoms with E-state index in [0.717, 1.165) is 38.5 Å². The van der Waals surface area contributed by atoms with Crippen molar-refractivity contribution in [2.75, 3.05) is 13.1 Å². The Morgan fingerprint density at radius 3 is 1.96 bits per heavy atom. The second kappa shape index (κ2) is 11.9. The summed E-state index contributed by atoms with van der Waals surface area (Å²) >= 11 is 0. The summed E-state index contributed by atoms with van der Waals surface area (Å²) < 4.78 is 0. The van der Waals surface area contributed by atoms with Gasteiger partial charge in [0.2, 0.25) is 18.2 Å². The molecule has 0 aromatic heterocycles. The lowest BCUT2D eigenvalue weighted by atomic mass is 9.55. The molecule has 0 amide bonds. The predicted octanol–water partition coefficient (Wildman–Crippen LogP) is 4.82. The minimum Gasteiger partial charge on any atom is -0.211 e. The van der Waals surface area contributed by atoms with Gasteiger partial charge in [-0.2, -0.15) is 4.99 Å². The van der Waals surface area contributed by atoms with Crippen LogP contribution in [0.1, 0.15) is 89.9 Å². The summed E-state index contributed by atoms with van der Waals surface area (Å²) in [6, 6.07) is 0. The topological polar surface area (TPSA) is 88.3 Å². The van der Waals surface area contributed by atoms with Gasteiger partial charge in [0.25, 0.3) is 0 Å². The molecule has 1 atom stereocenters. The molecule has 2 aliphatic rings.